The molecule has 1 aromatic rings. The van der Waals surface area contributed by atoms with Crippen LogP contribution >= 0.6 is 11.8 Å². The Morgan fingerprint density at radius 3 is 2.72 bits per heavy atom. The lowest BCUT2D eigenvalue weighted by atomic mass is 9.79. The zero-order chi connectivity index (χ0) is 22.6. The van der Waals surface area contributed by atoms with Crippen molar-refractivity contribution in [2.24, 2.45) is 25.9 Å². The summed E-state index contributed by atoms with van der Waals surface area (Å²) in [6.45, 7) is 4.28. The fraction of sp³-hybridized carbons (Fsp3) is 0.667. The molecule has 0 unspecified atom stereocenters. The van der Waals surface area contributed by atoms with Crippen LogP contribution in [-0.2, 0) is 36.7 Å². The maximum absolute atomic E-state index is 12.5. The Morgan fingerprint density at radius 1 is 1.44 bits per heavy atom. The third-order valence-corrected chi connectivity index (χ3v) is 8.49. The number of rotatable bonds is 7. The first kappa shape index (κ1) is 25.0. The normalized spacial score (nSPS) is 30.2. The molecular weight excluding hydrogens is 456 g/mol. The monoisotopic (exact) mass is 486 g/mol. The number of nitrogens with zero attached hydrogens (tertiary/aromatic N) is 3. The number of aryl methyl sites for hydroxylation is 1. The molecule has 3 aliphatic heterocycles. The Bertz CT molecular complexity index is 949. The summed E-state index contributed by atoms with van der Waals surface area (Å²) in [5.41, 5.74) is 2.09. The minimum Gasteiger partial charge on any atom is -1.00 e. The number of thioether (sulfide) groups is 1. The molecular formula is C21H31ClN4O5S. The van der Waals surface area contributed by atoms with Crippen LogP contribution in [0.1, 0.15) is 31.5 Å². The second kappa shape index (κ2) is 9.34. The van der Waals surface area contributed by atoms with Gasteiger partial charge in [-0.2, -0.15) is 4.68 Å². The maximum atomic E-state index is 12.5. The molecule has 1 amide bonds. The number of aliphatic carboxylic acids is 1. The number of amides is 1. The molecule has 3 aliphatic rings. The Hall–Kier alpha value is -1.59. The number of halogens is 1. The molecule has 4 rings (SSSR count). The Morgan fingerprint density at radius 2 is 2.12 bits per heavy atom. The predicted molar refractivity (Wildman–Crippen MR) is 114 cm³/mol. The first-order valence-corrected chi connectivity index (χ1v) is 11.6. The van der Waals surface area contributed by atoms with Gasteiger partial charge in [-0.25, -0.2) is 4.79 Å². The molecule has 2 fully saturated rings. The van der Waals surface area contributed by atoms with Crippen LogP contribution in [-0.4, -0.2) is 66.8 Å². The van der Waals surface area contributed by atoms with Crippen LogP contribution in [0.3, 0.4) is 0 Å². The Kier molecular flexibility index (Phi) is 7.31. The molecule has 0 aromatic carbocycles. The molecule has 1 aromatic heterocycles. The minimum atomic E-state index is -1.08. The lowest BCUT2D eigenvalue weighted by molar-refractivity contribution is -0.752. The summed E-state index contributed by atoms with van der Waals surface area (Å²) in [6, 6.07) is -0.0395. The number of aromatic nitrogens is 2. The van der Waals surface area contributed by atoms with E-state index in [9.17, 15) is 24.9 Å². The summed E-state index contributed by atoms with van der Waals surface area (Å²) in [7, 11) is 3.86. The van der Waals surface area contributed by atoms with Gasteiger partial charge < -0.3 is 37.9 Å². The zero-order valence-corrected chi connectivity index (χ0v) is 20.2. The first-order valence-electron chi connectivity index (χ1n) is 10.7. The largest absolute Gasteiger partial charge is 1.00 e. The number of hydrogen-bond donors (Lipinski definition) is 4. The number of hydrogen-bond acceptors (Lipinski definition) is 6. The summed E-state index contributed by atoms with van der Waals surface area (Å²) in [5.74, 6) is -2.02. The van der Waals surface area contributed by atoms with Crippen molar-refractivity contribution in [3.8, 4) is 0 Å². The number of carbonyl (C=O) groups is 2. The zero-order valence-electron chi connectivity index (χ0n) is 18.7. The average molecular weight is 487 g/mol. The highest BCUT2D eigenvalue weighted by Gasteiger charge is 2.60. The van der Waals surface area contributed by atoms with Crippen LogP contribution in [0.2, 0.25) is 0 Å². The lowest BCUT2D eigenvalue weighted by Crippen LogP contribution is -3.00. The van der Waals surface area contributed by atoms with Gasteiger partial charge in [0.05, 0.1) is 31.7 Å². The molecule has 9 nitrogen and oxygen atoms in total. The fourth-order valence-corrected chi connectivity index (χ4v) is 6.83. The van der Waals surface area contributed by atoms with Crippen molar-refractivity contribution in [1.82, 2.24) is 14.9 Å². The second-order valence-corrected chi connectivity index (χ2v) is 10.3. The molecule has 2 saturated heterocycles. The van der Waals surface area contributed by atoms with Crippen molar-refractivity contribution < 1.29 is 42.0 Å². The number of carbonyl (C=O) groups excluding carboxylic acids is 1. The van der Waals surface area contributed by atoms with Gasteiger partial charge in [0, 0.05) is 34.2 Å². The van der Waals surface area contributed by atoms with E-state index in [-0.39, 0.29) is 53.9 Å². The van der Waals surface area contributed by atoms with Crippen LogP contribution in [0.5, 0.6) is 0 Å². The maximum Gasteiger partial charge on any atom is 0.353 e. The highest BCUT2D eigenvalue weighted by atomic mass is 35.5. The number of fused-ring (bicyclic) bond motifs is 1. The van der Waals surface area contributed by atoms with Gasteiger partial charge in [0.15, 0.2) is 13.2 Å². The highest BCUT2D eigenvalue weighted by Crippen LogP contribution is 2.51. The van der Waals surface area contributed by atoms with Crippen LogP contribution in [0.15, 0.2) is 16.8 Å². The molecule has 6 atom stereocenters. The van der Waals surface area contributed by atoms with E-state index in [4.69, 9.17) is 0 Å². The summed E-state index contributed by atoms with van der Waals surface area (Å²) in [6.07, 6.45) is 2.90. The van der Waals surface area contributed by atoms with Crippen LogP contribution in [0.25, 0.3) is 0 Å². The summed E-state index contributed by atoms with van der Waals surface area (Å²) in [4.78, 5) is 26.6. The minimum absolute atomic E-state index is 0. The third-order valence-electron chi connectivity index (χ3n) is 6.98. The Balaban J connectivity index is 0.00000289. The standard InChI is InChI=1S/C21H30N4O5S.ClH/c1-10-17-16(11(2)27)20(28)25(17)18(21(29)30)19(10)31-14-6-13(22-7-14)5-12-8-23(3)24(4)15(12)9-26;/h8,10-11,13-14,16-17,22,26-27H,5-7,9H2,1-4H3;1H/t10-,11-,13-,14+,16-,17-;/m1./s1. The fourth-order valence-electron chi connectivity index (χ4n) is 5.31. The van der Waals surface area contributed by atoms with Crippen LogP contribution < -0.4 is 22.4 Å². The van der Waals surface area contributed by atoms with Crippen molar-refractivity contribution in [2.75, 3.05) is 6.54 Å². The van der Waals surface area contributed by atoms with Gasteiger partial charge in [-0.15, -0.1) is 16.4 Å². The molecule has 0 saturated carbocycles. The van der Waals surface area contributed by atoms with E-state index in [0.717, 1.165) is 35.5 Å². The van der Waals surface area contributed by atoms with Crippen molar-refractivity contribution in [1.29, 1.82) is 0 Å². The summed E-state index contributed by atoms with van der Waals surface area (Å²) in [5, 5.41) is 33.2. The van der Waals surface area contributed by atoms with Gasteiger partial charge in [0.1, 0.15) is 11.4 Å². The smallest absolute Gasteiger partial charge is 0.353 e. The first-order chi connectivity index (χ1) is 14.6. The third kappa shape index (κ3) is 3.96. The molecule has 0 radical (unpaired) electrons. The molecule has 4 heterocycles. The van der Waals surface area contributed by atoms with Gasteiger partial charge >= 0.3 is 5.97 Å². The molecule has 178 valence electrons. The number of carboxylic acid groups (broad SMARTS) is 1. The van der Waals surface area contributed by atoms with E-state index >= 15 is 0 Å². The van der Waals surface area contributed by atoms with Crippen LogP contribution in [0, 0.1) is 11.8 Å². The van der Waals surface area contributed by atoms with Crippen molar-refractivity contribution in [3.05, 3.63) is 28.1 Å². The number of aliphatic hydroxyl groups is 2. The van der Waals surface area contributed by atoms with E-state index < -0.39 is 18.0 Å². The molecule has 11 heteroatoms. The Labute approximate surface area is 197 Å². The van der Waals surface area contributed by atoms with Crippen molar-refractivity contribution >= 4 is 23.6 Å². The van der Waals surface area contributed by atoms with E-state index in [0.29, 0.717) is 0 Å². The quantitative estimate of drug-likeness (QED) is 0.233. The average Bonchev–Trinajstić information content (AvgIpc) is 3.31. The second-order valence-electron chi connectivity index (χ2n) is 8.91. The number of carboxylic acids is 1. The molecule has 4 N–H and O–H groups in total. The molecule has 32 heavy (non-hydrogen) atoms. The summed E-state index contributed by atoms with van der Waals surface area (Å²) < 4.78 is 3.88. The number of aliphatic hydroxyl groups excluding tert-OH is 2. The summed E-state index contributed by atoms with van der Waals surface area (Å²) >= 11 is 1.56. The predicted octanol–water partition coefficient (Wildman–Crippen LogP) is -3.49. The van der Waals surface area contributed by atoms with Crippen LogP contribution in [0.4, 0.5) is 0 Å². The number of β-lactam (4-membered cyclic amide) rings is 1. The van der Waals surface area contributed by atoms with Gasteiger partial charge in [-0.3, -0.25) is 4.79 Å². The van der Waals surface area contributed by atoms with Gasteiger partial charge in [0.25, 0.3) is 0 Å². The number of nitrogens with one attached hydrogen (secondary N) is 1. The van der Waals surface area contributed by atoms with Crippen molar-refractivity contribution in [3.63, 3.8) is 0 Å². The van der Waals surface area contributed by atoms with Gasteiger partial charge in [0.2, 0.25) is 5.91 Å². The molecule has 0 bridgehead atoms. The van der Waals surface area contributed by atoms with E-state index in [1.54, 1.807) is 18.7 Å². The topological polar surface area (TPSA) is 119 Å². The molecule has 0 spiro atoms. The van der Waals surface area contributed by atoms with E-state index in [1.807, 2.05) is 36.6 Å². The lowest BCUT2D eigenvalue weighted by Gasteiger charge is -2.46. The highest BCUT2D eigenvalue weighted by molar-refractivity contribution is 8.03. The van der Waals surface area contributed by atoms with Gasteiger partial charge in [-0.1, -0.05) is 6.92 Å². The molecule has 0 aliphatic carbocycles. The van der Waals surface area contributed by atoms with E-state index in [1.165, 1.54) is 4.90 Å². The van der Waals surface area contributed by atoms with E-state index in [2.05, 4.69) is 5.32 Å². The SMILES string of the molecule is C[C@@H](O)[C@H]1C(=O)N2C(C(=O)O)=C(S[C@@H]3CN[C@H](Cc4c[n+](C)n(C)c4CO)C3)[C@H](C)[C@H]12.[Cl-]. The van der Waals surface area contributed by atoms with Crippen molar-refractivity contribution in [2.45, 2.75) is 56.7 Å². The van der Waals surface area contributed by atoms with Gasteiger partial charge in [-0.05, 0) is 19.8 Å².